The fourth-order valence-electron chi connectivity index (χ4n) is 3.69. The average Bonchev–Trinajstić information content (AvgIpc) is 3.22. The molecule has 0 saturated carbocycles. The normalized spacial score (nSPS) is 13.8. The van der Waals surface area contributed by atoms with Gasteiger partial charge in [0, 0.05) is 30.9 Å². The lowest BCUT2D eigenvalue weighted by Crippen LogP contribution is -2.36. The van der Waals surface area contributed by atoms with Crippen LogP contribution in [0.4, 0.5) is 14.6 Å². The summed E-state index contributed by atoms with van der Waals surface area (Å²) >= 11 is 0. The number of rotatable bonds is 6. The Kier molecular flexibility index (Phi) is 6.05. The summed E-state index contributed by atoms with van der Waals surface area (Å²) in [5.74, 6) is 0.602. The summed E-state index contributed by atoms with van der Waals surface area (Å²) < 4.78 is 41.5. The molecule has 0 aliphatic carbocycles. The second kappa shape index (κ2) is 9.44. The summed E-state index contributed by atoms with van der Waals surface area (Å²) in [6, 6.07) is 14.0. The van der Waals surface area contributed by atoms with Crippen molar-refractivity contribution >= 4 is 5.82 Å². The van der Waals surface area contributed by atoms with E-state index in [1.54, 1.807) is 36.5 Å². The second-order valence-electron chi connectivity index (χ2n) is 7.70. The van der Waals surface area contributed by atoms with Crippen molar-refractivity contribution in [3.05, 3.63) is 94.8 Å². The van der Waals surface area contributed by atoms with Crippen molar-refractivity contribution in [3.63, 3.8) is 0 Å². The van der Waals surface area contributed by atoms with E-state index in [4.69, 9.17) is 9.47 Å². The molecule has 5 rings (SSSR count). The lowest BCUT2D eigenvalue weighted by molar-refractivity contribution is 0.122. The zero-order chi connectivity index (χ0) is 23.5. The van der Waals surface area contributed by atoms with Gasteiger partial charge in [0.25, 0.3) is 0 Å². The summed E-state index contributed by atoms with van der Waals surface area (Å²) in [6.45, 7) is 2.62. The Balaban J connectivity index is 1.31. The standard InChI is InChI=1S/C24H21F2N5O3/c25-21-2-1-3-22(26)20(21)15-30-16-28-31(24(30)32)17-4-6-18(7-5-17)34-19-8-9-27-23(14-19)29-10-12-33-13-11-29/h1-9,14,16H,10-13,15H2. The molecule has 2 aromatic carbocycles. The van der Waals surface area contributed by atoms with Crippen LogP contribution in [0.15, 0.2) is 71.9 Å². The number of anilines is 1. The minimum atomic E-state index is -0.714. The molecule has 0 atom stereocenters. The van der Waals surface area contributed by atoms with Gasteiger partial charge in [-0.15, -0.1) is 0 Å². The highest BCUT2D eigenvalue weighted by Gasteiger charge is 2.15. The van der Waals surface area contributed by atoms with E-state index in [1.165, 1.54) is 12.4 Å². The molecule has 0 amide bonds. The van der Waals surface area contributed by atoms with E-state index >= 15 is 0 Å². The maximum absolute atomic E-state index is 13.9. The van der Waals surface area contributed by atoms with E-state index in [1.807, 2.05) is 6.07 Å². The largest absolute Gasteiger partial charge is 0.457 e. The van der Waals surface area contributed by atoms with Crippen LogP contribution in [-0.2, 0) is 11.3 Å². The van der Waals surface area contributed by atoms with Crippen LogP contribution in [-0.4, -0.2) is 45.6 Å². The molecule has 1 aliphatic heterocycles. The predicted molar refractivity (Wildman–Crippen MR) is 121 cm³/mol. The van der Waals surface area contributed by atoms with Crippen LogP contribution in [0.1, 0.15) is 5.56 Å². The number of halogens is 2. The Labute approximate surface area is 193 Å². The maximum Gasteiger partial charge on any atom is 0.350 e. The van der Waals surface area contributed by atoms with Gasteiger partial charge in [-0.05, 0) is 42.5 Å². The van der Waals surface area contributed by atoms with Crippen LogP contribution >= 0.6 is 0 Å². The van der Waals surface area contributed by atoms with Gasteiger partial charge in [0.2, 0.25) is 0 Å². The van der Waals surface area contributed by atoms with Gasteiger partial charge in [0.1, 0.15) is 35.3 Å². The molecule has 3 heterocycles. The molecule has 1 aliphatic rings. The van der Waals surface area contributed by atoms with E-state index in [0.717, 1.165) is 40.3 Å². The number of hydrogen-bond acceptors (Lipinski definition) is 6. The van der Waals surface area contributed by atoms with Crippen molar-refractivity contribution < 1.29 is 18.3 Å². The number of ether oxygens (including phenoxy) is 2. The van der Waals surface area contributed by atoms with Crippen molar-refractivity contribution in [2.75, 3.05) is 31.2 Å². The van der Waals surface area contributed by atoms with E-state index in [0.29, 0.717) is 30.4 Å². The van der Waals surface area contributed by atoms with Crippen LogP contribution in [0.5, 0.6) is 11.5 Å². The Hall–Kier alpha value is -4.05. The fraction of sp³-hybridized carbons (Fsp3) is 0.208. The monoisotopic (exact) mass is 465 g/mol. The molecule has 2 aromatic heterocycles. The van der Waals surface area contributed by atoms with Gasteiger partial charge < -0.3 is 14.4 Å². The highest BCUT2D eigenvalue weighted by atomic mass is 19.1. The highest BCUT2D eigenvalue weighted by Crippen LogP contribution is 2.25. The lowest BCUT2D eigenvalue weighted by Gasteiger charge is -2.27. The summed E-state index contributed by atoms with van der Waals surface area (Å²) in [5, 5.41) is 4.08. The van der Waals surface area contributed by atoms with Gasteiger partial charge in [-0.1, -0.05) is 6.07 Å². The minimum Gasteiger partial charge on any atom is -0.457 e. The topological polar surface area (TPSA) is 74.4 Å². The molecule has 0 spiro atoms. The van der Waals surface area contributed by atoms with Gasteiger partial charge in [-0.3, -0.25) is 4.57 Å². The van der Waals surface area contributed by atoms with Gasteiger partial charge in [-0.2, -0.15) is 9.78 Å². The van der Waals surface area contributed by atoms with Crippen molar-refractivity contribution in [2.24, 2.45) is 0 Å². The first-order valence-corrected chi connectivity index (χ1v) is 10.7. The third-order valence-electron chi connectivity index (χ3n) is 5.49. The van der Waals surface area contributed by atoms with Crippen molar-refractivity contribution in [3.8, 4) is 17.2 Å². The molecule has 0 unspecified atom stereocenters. The third-order valence-corrected chi connectivity index (χ3v) is 5.49. The molecular weight excluding hydrogens is 444 g/mol. The molecule has 0 N–H and O–H groups in total. The number of aromatic nitrogens is 4. The number of benzene rings is 2. The fourth-order valence-corrected chi connectivity index (χ4v) is 3.69. The zero-order valence-electron chi connectivity index (χ0n) is 18.1. The van der Waals surface area contributed by atoms with Gasteiger partial charge in [0.15, 0.2) is 0 Å². The predicted octanol–water partition coefficient (Wildman–Crippen LogP) is 3.38. The lowest BCUT2D eigenvalue weighted by atomic mass is 10.2. The summed E-state index contributed by atoms with van der Waals surface area (Å²) in [4.78, 5) is 19.3. The first kappa shape index (κ1) is 21.8. The number of morpholine rings is 1. The Bertz CT molecular complexity index is 1330. The average molecular weight is 465 g/mol. The smallest absolute Gasteiger partial charge is 0.350 e. The van der Waals surface area contributed by atoms with Gasteiger partial charge in [-0.25, -0.2) is 18.6 Å². The Morgan fingerprint density at radius 1 is 0.971 bits per heavy atom. The van der Waals surface area contributed by atoms with Gasteiger partial charge in [0.05, 0.1) is 25.4 Å². The molecule has 0 radical (unpaired) electrons. The van der Waals surface area contributed by atoms with E-state index in [2.05, 4.69) is 15.0 Å². The molecule has 1 fully saturated rings. The first-order valence-electron chi connectivity index (χ1n) is 10.7. The molecule has 4 aromatic rings. The summed E-state index contributed by atoms with van der Waals surface area (Å²) in [5.41, 5.74) is -0.212. The Morgan fingerprint density at radius 2 is 1.71 bits per heavy atom. The molecule has 0 bridgehead atoms. The molecule has 174 valence electrons. The Morgan fingerprint density at radius 3 is 2.44 bits per heavy atom. The first-order chi connectivity index (χ1) is 16.6. The highest BCUT2D eigenvalue weighted by molar-refractivity contribution is 5.46. The minimum absolute atomic E-state index is 0.193. The van der Waals surface area contributed by atoms with E-state index in [9.17, 15) is 13.6 Å². The quantitative estimate of drug-likeness (QED) is 0.435. The number of nitrogens with zero attached hydrogens (tertiary/aromatic N) is 5. The van der Waals surface area contributed by atoms with Crippen LogP contribution < -0.4 is 15.3 Å². The third kappa shape index (κ3) is 4.53. The second-order valence-corrected chi connectivity index (χ2v) is 7.70. The van der Waals surface area contributed by atoms with Crippen LogP contribution in [0.2, 0.25) is 0 Å². The van der Waals surface area contributed by atoms with Crippen molar-refractivity contribution in [1.29, 1.82) is 0 Å². The summed E-state index contributed by atoms with van der Waals surface area (Å²) in [7, 11) is 0. The van der Waals surface area contributed by atoms with Crippen LogP contribution in [0, 0.1) is 11.6 Å². The summed E-state index contributed by atoms with van der Waals surface area (Å²) in [6.07, 6.45) is 2.95. The molecule has 34 heavy (non-hydrogen) atoms. The van der Waals surface area contributed by atoms with Crippen molar-refractivity contribution in [2.45, 2.75) is 6.54 Å². The van der Waals surface area contributed by atoms with E-state index in [-0.39, 0.29) is 12.1 Å². The molecule has 8 nitrogen and oxygen atoms in total. The zero-order valence-corrected chi connectivity index (χ0v) is 18.1. The SMILES string of the molecule is O=c1n(Cc2c(F)cccc2F)cnn1-c1ccc(Oc2ccnc(N3CCOCC3)c2)cc1. The van der Waals surface area contributed by atoms with Gasteiger partial charge >= 0.3 is 5.69 Å². The molecule has 1 saturated heterocycles. The van der Waals surface area contributed by atoms with Crippen molar-refractivity contribution in [1.82, 2.24) is 19.3 Å². The molecular formula is C24H21F2N5O3. The molecule has 10 heteroatoms. The van der Waals surface area contributed by atoms with Crippen LogP contribution in [0.25, 0.3) is 5.69 Å². The van der Waals surface area contributed by atoms with Crippen LogP contribution in [0.3, 0.4) is 0 Å². The van der Waals surface area contributed by atoms with E-state index < -0.39 is 17.3 Å². The maximum atomic E-state index is 13.9. The number of pyridine rings is 1. The number of hydrogen-bond donors (Lipinski definition) is 0.